The van der Waals surface area contributed by atoms with Gasteiger partial charge < -0.3 is 15.6 Å². The number of carbonyl (C=O) groups excluding carboxylic acids is 1. The second kappa shape index (κ2) is 9.95. The second-order valence-corrected chi connectivity index (χ2v) is 7.00. The highest BCUT2D eigenvalue weighted by atomic mass is 16.2. The van der Waals surface area contributed by atoms with Crippen LogP contribution in [0.25, 0.3) is 10.9 Å². The number of benzene rings is 2. The number of para-hydroxylation sites is 1. The molecule has 28 heavy (non-hydrogen) atoms. The highest BCUT2D eigenvalue weighted by Crippen LogP contribution is 2.17. The van der Waals surface area contributed by atoms with Gasteiger partial charge in [0.25, 0.3) is 0 Å². The van der Waals surface area contributed by atoms with Crippen molar-refractivity contribution < 1.29 is 4.79 Å². The summed E-state index contributed by atoms with van der Waals surface area (Å²) < 4.78 is 0. The molecule has 3 N–H and O–H groups in total. The average Bonchev–Trinajstić information content (AvgIpc) is 3.14. The Bertz CT molecular complexity index is 881. The summed E-state index contributed by atoms with van der Waals surface area (Å²) in [7, 11) is 0. The lowest BCUT2D eigenvalue weighted by molar-refractivity contribution is 0.240. The number of rotatable bonds is 9. The van der Waals surface area contributed by atoms with Gasteiger partial charge in [-0.3, -0.25) is 4.90 Å². The van der Waals surface area contributed by atoms with E-state index < -0.39 is 0 Å². The normalized spacial score (nSPS) is 11.1. The molecular weight excluding hydrogens is 348 g/mol. The maximum atomic E-state index is 12.1. The van der Waals surface area contributed by atoms with E-state index in [0.717, 1.165) is 37.1 Å². The molecule has 3 aromatic rings. The van der Waals surface area contributed by atoms with Crippen LogP contribution in [0.2, 0.25) is 0 Å². The molecule has 0 aliphatic heterocycles. The number of urea groups is 1. The first kappa shape index (κ1) is 20.0. The Morgan fingerprint density at radius 3 is 2.43 bits per heavy atom. The van der Waals surface area contributed by atoms with Crippen molar-refractivity contribution in [2.45, 2.75) is 33.4 Å². The Hall–Kier alpha value is -2.79. The Labute approximate surface area is 167 Å². The van der Waals surface area contributed by atoms with Crippen LogP contribution in [0.5, 0.6) is 0 Å². The minimum Gasteiger partial charge on any atom is -0.361 e. The second-order valence-electron chi connectivity index (χ2n) is 7.00. The first-order valence-corrected chi connectivity index (χ1v) is 10.1. The van der Waals surface area contributed by atoms with E-state index in [4.69, 9.17) is 0 Å². The van der Waals surface area contributed by atoms with Gasteiger partial charge in [0, 0.05) is 36.7 Å². The van der Waals surface area contributed by atoms with Crippen LogP contribution in [0.15, 0.2) is 54.7 Å². The summed E-state index contributed by atoms with van der Waals surface area (Å²) in [6.45, 7) is 8.57. The monoisotopic (exact) mass is 378 g/mol. The van der Waals surface area contributed by atoms with Crippen LogP contribution in [-0.2, 0) is 19.5 Å². The Morgan fingerprint density at radius 2 is 1.68 bits per heavy atom. The number of H-pyrrole nitrogens is 1. The highest BCUT2D eigenvalue weighted by molar-refractivity contribution is 5.83. The van der Waals surface area contributed by atoms with E-state index in [-0.39, 0.29) is 6.03 Å². The fourth-order valence-corrected chi connectivity index (χ4v) is 3.36. The summed E-state index contributed by atoms with van der Waals surface area (Å²) in [4.78, 5) is 17.7. The Kier molecular flexibility index (Phi) is 7.09. The summed E-state index contributed by atoms with van der Waals surface area (Å²) >= 11 is 0. The van der Waals surface area contributed by atoms with Crippen LogP contribution in [0.1, 0.15) is 30.5 Å². The van der Waals surface area contributed by atoms with Crippen LogP contribution in [-0.4, -0.2) is 35.5 Å². The average molecular weight is 379 g/mol. The van der Waals surface area contributed by atoms with Gasteiger partial charge in [-0.25, -0.2) is 4.79 Å². The van der Waals surface area contributed by atoms with Gasteiger partial charge in [0.05, 0.1) is 0 Å². The number of amides is 2. The number of nitrogens with zero attached hydrogens (tertiary/aromatic N) is 1. The van der Waals surface area contributed by atoms with Gasteiger partial charge in [0.1, 0.15) is 0 Å². The van der Waals surface area contributed by atoms with Gasteiger partial charge in [-0.2, -0.15) is 0 Å². The molecular formula is C23H30N4O. The lowest BCUT2D eigenvalue weighted by atomic mass is 10.1. The van der Waals surface area contributed by atoms with E-state index >= 15 is 0 Å². The Balaban J connectivity index is 1.40. The number of hydrogen-bond acceptors (Lipinski definition) is 2. The van der Waals surface area contributed by atoms with E-state index in [1.807, 2.05) is 18.3 Å². The van der Waals surface area contributed by atoms with Crippen LogP contribution in [0, 0.1) is 0 Å². The number of carbonyl (C=O) groups is 1. The molecule has 3 rings (SSSR count). The summed E-state index contributed by atoms with van der Waals surface area (Å²) in [5.74, 6) is 0. The Morgan fingerprint density at radius 1 is 0.964 bits per heavy atom. The molecule has 2 amide bonds. The first-order chi connectivity index (χ1) is 13.7. The van der Waals surface area contributed by atoms with Crippen molar-refractivity contribution in [1.29, 1.82) is 0 Å². The third kappa shape index (κ3) is 5.36. The molecule has 0 radical (unpaired) electrons. The van der Waals surface area contributed by atoms with Gasteiger partial charge in [0.15, 0.2) is 0 Å². The van der Waals surface area contributed by atoms with E-state index in [1.165, 1.54) is 16.5 Å². The van der Waals surface area contributed by atoms with Crippen molar-refractivity contribution in [3.8, 4) is 0 Å². The molecule has 0 bridgehead atoms. The van der Waals surface area contributed by atoms with Crippen LogP contribution in [0.3, 0.4) is 0 Å². The predicted molar refractivity (Wildman–Crippen MR) is 115 cm³/mol. The molecule has 0 unspecified atom stereocenters. The number of hydrogen-bond donors (Lipinski definition) is 3. The standard InChI is InChI=1S/C23H30N4O/c1-3-27(4-2)17-19-11-9-18(10-12-19)15-26-23(28)24-14-13-20-16-25-22-8-6-5-7-21(20)22/h5-12,16,25H,3-4,13-15,17H2,1-2H3,(H2,24,26,28). The quantitative estimate of drug-likeness (QED) is 0.526. The van der Waals surface area contributed by atoms with E-state index in [1.54, 1.807) is 0 Å². The molecule has 1 aromatic heterocycles. The molecule has 0 aliphatic rings. The van der Waals surface area contributed by atoms with Crippen molar-refractivity contribution in [2.24, 2.45) is 0 Å². The summed E-state index contributed by atoms with van der Waals surface area (Å²) in [6, 6.07) is 16.5. The minimum absolute atomic E-state index is 0.132. The lowest BCUT2D eigenvalue weighted by Gasteiger charge is -2.18. The van der Waals surface area contributed by atoms with Crippen molar-refractivity contribution >= 4 is 16.9 Å². The van der Waals surface area contributed by atoms with Crippen molar-refractivity contribution in [3.63, 3.8) is 0 Å². The van der Waals surface area contributed by atoms with Gasteiger partial charge in [0.2, 0.25) is 0 Å². The molecule has 5 heteroatoms. The zero-order valence-corrected chi connectivity index (χ0v) is 16.8. The summed E-state index contributed by atoms with van der Waals surface area (Å²) in [5, 5.41) is 7.09. The first-order valence-electron chi connectivity index (χ1n) is 10.1. The SMILES string of the molecule is CCN(CC)Cc1ccc(CNC(=O)NCCc2c[nH]c3ccccc23)cc1. The smallest absolute Gasteiger partial charge is 0.315 e. The highest BCUT2D eigenvalue weighted by Gasteiger charge is 2.05. The molecule has 1 heterocycles. The van der Waals surface area contributed by atoms with E-state index in [9.17, 15) is 4.79 Å². The van der Waals surface area contributed by atoms with Gasteiger partial charge >= 0.3 is 6.03 Å². The van der Waals surface area contributed by atoms with Crippen molar-refractivity contribution in [3.05, 3.63) is 71.4 Å². The van der Waals surface area contributed by atoms with Crippen LogP contribution in [0.4, 0.5) is 4.79 Å². The number of fused-ring (bicyclic) bond motifs is 1. The molecule has 0 saturated heterocycles. The maximum absolute atomic E-state index is 12.1. The predicted octanol–water partition coefficient (Wildman–Crippen LogP) is 4.05. The molecule has 0 saturated carbocycles. The molecule has 0 fully saturated rings. The van der Waals surface area contributed by atoms with Crippen LogP contribution >= 0.6 is 0 Å². The maximum Gasteiger partial charge on any atom is 0.315 e. The fraction of sp³-hybridized carbons (Fsp3) is 0.348. The van der Waals surface area contributed by atoms with E-state index in [2.05, 4.69) is 70.8 Å². The molecule has 2 aromatic carbocycles. The van der Waals surface area contributed by atoms with Gasteiger partial charge in [-0.05, 0) is 42.3 Å². The zero-order valence-electron chi connectivity index (χ0n) is 16.8. The zero-order chi connectivity index (χ0) is 19.8. The minimum atomic E-state index is -0.132. The molecule has 5 nitrogen and oxygen atoms in total. The van der Waals surface area contributed by atoms with Crippen molar-refractivity contribution in [1.82, 2.24) is 20.5 Å². The third-order valence-corrected chi connectivity index (χ3v) is 5.13. The number of aromatic nitrogens is 1. The fourth-order valence-electron chi connectivity index (χ4n) is 3.36. The van der Waals surface area contributed by atoms with Crippen molar-refractivity contribution in [2.75, 3.05) is 19.6 Å². The molecule has 148 valence electrons. The third-order valence-electron chi connectivity index (χ3n) is 5.13. The summed E-state index contributed by atoms with van der Waals surface area (Å²) in [6.07, 6.45) is 2.82. The van der Waals surface area contributed by atoms with Gasteiger partial charge in [-0.15, -0.1) is 0 Å². The largest absolute Gasteiger partial charge is 0.361 e. The molecule has 0 aliphatic carbocycles. The molecule has 0 atom stereocenters. The topological polar surface area (TPSA) is 60.2 Å². The number of aromatic amines is 1. The number of nitrogens with one attached hydrogen (secondary N) is 3. The van der Waals surface area contributed by atoms with Crippen LogP contribution < -0.4 is 10.6 Å². The van der Waals surface area contributed by atoms with E-state index in [0.29, 0.717) is 13.1 Å². The summed E-state index contributed by atoms with van der Waals surface area (Å²) in [5.41, 5.74) is 4.76. The lowest BCUT2D eigenvalue weighted by Crippen LogP contribution is -2.36. The molecule has 0 spiro atoms. The van der Waals surface area contributed by atoms with Gasteiger partial charge in [-0.1, -0.05) is 56.3 Å².